The van der Waals surface area contributed by atoms with Crippen molar-refractivity contribution in [3.63, 3.8) is 0 Å². The van der Waals surface area contributed by atoms with E-state index < -0.39 is 0 Å². The van der Waals surface area contributed by atoms with Gasteiger partial charge in [0.15, 0.2) is 5.13 Å². The highest BCUT2D eigenvalue weighted by atomic mass is 32.2. The summed E-state index contributed by atoms with van der Waals surface area (Å²) < 4.78 is 6.54. The van der Waals surface area contributed by atoms with Crippen LogP contribution >= 0.6 is 23.1 Å². The van der Waals surface area contributed by atoms with Crippen LogP contribution in [0.5, 0.6) is 5.75 Å². The summed E-state index contributed by atoms with van der Waals surface area (Å²) >= 11 is 3.25. The van der Waals surface area contributed by atoms with E-state index in [-0.39, 0.29) is 5.91 Å². The first-order chi connectivity index (χ1) is 15.5. The van der Waals surface area contributed by atoms with Crippen LogP contribution in [-0.2, 0) is 6.54 Å². The highest BCUT2D eigenvalue weighted by Gasteiger charge is 2.23. The first-order valence-electron chi connectivity index (χ1n) is 10.4. The minimum Gasteiger partial charge on any atom is -0.494 e. The van der Waals surface area contributed by atoms with E-state index in [4.69, 9.17) is 9.72 Å². The Morgan fingerprint density at radius 1 is 1.19 bits per heavy atom. The number of anilines is 1. The van der Waals surface area contributed by atoms with Crippen LogP contribution in [0.2, 0.25) is 0 Å². The molecule has 0 bridgehead atoms. The number of rotatable bonds is 7. The van der Waals surface area contributed by atoms with Gasteiger partial charge in [-0.3, -0.25) is 14.7 Å². The molecule has 2 aromatic carbocycles. The Hall–Kier alpha value is -2.90. The fourth-order valence-electron chi connectivity index (χ4n) is 3.41. The van der Waals surface area contributed by atoms with Gasteiger partial charge in [-0.25, -0.2) is 4.98 Å². The summed E-state index contributed by atoms with van der Waals surface area (Å²) in [6.45, 7) is 6.72. The van der Waals surface area contributed by atoms with Crippen LogP contribution in [0.25, 0.3) is 10.2 Å². The molecular weight excluding hydrogens is 438 g/mol. The average molecular weight is 464 g/mol. The molecule has 4 aromatic rings. The number of carbonyl (C=O) groups excluding carboxylic acids is 1. The highest BCUT2D eigenvalue weighted by Crippen LogP contribution is 2.37. The van der Waals surface area contributed by atoms with Crippen LogP contribution in [0.4, 0.5) is 5.13 Å². The topological polar surface area (TPSA) is 55.3 Å². The van der Waals surface area contributed by atoms with Crippen molar-refractivity contribution in [3.8, 4) is 5.75 Å². The normalized spacial score (nSPS) is 11.2. The zero-order chi connectivity index (χ0) is 22.7. The van der Waals surface area contributed by atoms with Crippen LogP contribution < -0.4 is 9.64 Å². The summed E-state index contributed by atoms with van der Waals surface area (Å²) in [4.78, 5) is 25.6. The third-order valence-corrected chi connectivity index (χ3v) is 7.12. The zero-order valence-corrected chi connectivity index (χ0v) is 20.2. The second-order valence-electron chi connectivity index (χ2n) is 7.71. The number of aromatic nitrogens is 2. The van der Waals surface area contributed by atoms with Crippen LogP contribution in [0.3, 0.4) is 0 Å². The van der Waals surface area contributed by atoms with Gasteiger partial charge in [-0.05, 0) is 48.4 Å². The molecule has 0 saturated heterocycles. The van der Waals surface area contributed by atoms with E-state index in [2.05, 4.69) is 18.8 Å². The van der Waals surface area contributed by atoms with E-state index in [0.29, 0.717) is 28.2 Å². The lowest BCUT2D eigenvalue weighted by atomic mass is 10.2. The summed E-state index contributed by atoms with van der Waals surface area (Å²) in [6, 6.07) is 15.6. The van der Waals surface area contributed by atoms with Gasteiger partial charge >= 0.3 is 0 Å². The van der Waals surface area contributed by atoms with Crippen LogP contribution in [0.1, 0.15) is 35.3 Å². The maximum absolute atomic E-state index is 13.7. The average Bonchev–Trinajstić information content (AvgIpc) is 3.24. The Balaban J connectivity index is 1.78. The number of amides is 1. The van der Waals surface area contributed by atoms with Gasteiger partial charge in [0.2, 0.25) is 0 Å². The number of nitrogens with zero attached hydrogens (tertiary/aromatic N) is 3. The van der Waals surface area contributed by atoms with Gasteiger partial charge in [0.05, 0.1) is 18.4 Å². The molecule has 2 heterocycles. The first kappa shape index (κ1) is 22.3. The van der Waals surface area contributed by atoms with E-state index in [9.17, 15) is 4.79 Å². The molecular formula is C25H25N3O2S2. The Morgan fingerprint density at radius 2 is 2.03 bits per heavy atom. The summed E-state index contributed by atoms with van der Waals surface area (Å²) in [5, 5.41) is 1.08. The van der Waals surface area contributed by atoms with Crippen molar-refractivity contribution >= 4 is 44.4 Å². The third-order valence-electron chi connectivity index (χ3n) is 4.90. The van der Waals surface area contributed by atoms with Crippen molar-refractivity contribution in [2.24, 2.45) is 0 Å². The molecule has 0 unspecified atom stereocenters. The molecule has 0 aliphatic carbocycles. The molecule has 0 spiro atoms. The zero-order valence-electron chi connectivity index (χ0n) is 18.5. The number of ether oxygens (including phenoxy) is 1. The number of fused-ring (bicyclic) bond motifs is 1. The van der Waals surface area contributed by atoms with E-state index in [1.807, 2.05) is 55.5 Å². The van der Waals surface area contributed by atoms with Crippen LogP contribution in [0, 0.1) is 6.92 Å². The van der Waals surface area contributed by atoms with Crippen LogP contribution in [-0.4, -0.2) is 28.2 Å². The summed E-state index contributed by atoms with van der Waals surface area (Å²) in [5.74, 6) is 0.618. The number of pyridine rings is 1. The fraction of sp³-hybridized carbons (Fsp3) is 0.240. The summed E-state index contributed by atoms with van der Waals surface area (Å²) in [5.41, 5.74) is 3.47. The maximum Gasteiger partial charge on any atom is 0.260 e. The highest BCUT2D eigenvalue weighted by molar-refractivity contribution is 7.99. The Kier molecular flexibility index (Phi) is 6.77. The van der Waals surface area contributed by atoms with Crippen molar-refractivity contribution in [2.45, 2.75) is 37.5 Å². The van der Waals surface area contributed by atoms with Crippen molar-refractivity contribution in [3.05, 3.63) is 77.6 Å². The number of aryl methyl sites for hydroxylation is 1. The number of benzene rings is 2. The SMILES string of the molecule is COc1ccc(C)c2sc(N(Cc3cccnc3)C(=O)c3cccc(SC(C)C)c3)nc12. The summed E-state index contributed by atoms with van der Waals surface area (Å²) in [7, 11) is 1.64. The van der Waals surface area contributed by atoms with Gasteiger partial charge in [-0.1, -0.05) is 43.4 Å². The van der Waals surface area contributed by atoms with Crippen molar-refractivity contribution in [1.29, 1.82) is 0 Å². The number of carbonyl (C=O) groups is 1. The number of thiazole rings is 1. The predicted molar refractivity (Wildman–Crippen MR) is 133 cm³/mol. The minimum absolute atomic E-state index is 0.0873. The molecule has 32 heavy (non-hydrogen) atoms. The van der Waals surface area contributed by atoms with Gasteiger partial charge in [-0.15, -0.1) is 11.8 Å². The largest absolute Gasteiger partial charge is 0.494 e. The molecule has 0 aliphatic rings. The number of hydrogen-bond acceptors (Lipinski definition) is 6. The van der Waals surface area contributed by atoms with Crippen molar-refractivity contribution in [1.82, 2.24) is 9.97 Å². The molecule has 0 atom stereocenters. The lowest BCUT2D eigenvalue weighted by molar-refractivity contribution is 0.0985. The second kappa shape index (κ2) is 9.71. The number of thioether (sulfide) groups is 1. The van der Waals surface area contributed by atoms with E-state index in [0.717, 1.165) is 26.2 Å². The molecule has 0 radical (unpaired) electrons. The third kappa shape index (κ3) is 4.79. The molecule has 0 saturated carbocycles. The molecule has 1 amide bonds. The van der Waals surface area contributed by atoms with Crippen LogP contribution in [0.15, 0.2) is 65.8 Å². The fourth-order valence-corrected chi connectivity index (χ4v) is 5.36. The van der Waals surface area contributed by atoms with Gasteiger partial charge < -0.3 is 4.74 Å². The molecule has 164 valence electrons. The molecule has 4 rings (SSSR count). The van der Waals surface area contributed by atoms with Gasteiger partial charge in [0.25, 0.3) is 5.91 Å². The molecule has 2 aromatic heterocycles. The van der Waals surface area contributed by atoms with Gasteiger partial charge in [0.1, 0.15) is 11.3 Å². The van der Waals surface area contributed by atoms with Gasteiger partial charge in [-0.2, -0.15) is 0 Å². The van der Waals surface area contributed by atoms with E-state index in [1.165, 1.54) is 11.3 Å². The van der Waals surface area contributed by atoms with Crippen molar-refractivity contribution < 1.29 is 9.53 Å². The minimum atomic E-state index is -0.0873. The molecule has 5 nitrogen and oxygen atoms in total. The van der Waals surface area contributed by atoms with E-state index in [1.54, 1.807) is 36.2 Å². The lowest BCUT2D eigenvalue weighted by Gasteiger charge is -2.20. The Labute approximate surface area is 196 Å². The maximum atomic E-state index is 13.7. The lowest BCUT2D eigenvalue weighted by Crippen LogP contribution is -2.30. The summed E-state index contributed by atoms with van der Waals surface area (Å²) in [6.07, 6.45) is 3.51. The molecule has 7 heteroatoms. The first-order valence-corrected chi connectivity index (χ1v) is 12.1. The molecule has 0 N–H and O–H groups in total. The quantitative estimate of drug-likeness (QED) is 0.299. The Morgan fingerprint density at radius 3 is 2.75 bits per heavy atom. The second-order valence-corrected chi connectivity index (χ2v) is 10.3. The Bertz CT molecular complexity index is 1240. The number of hydrogen-bond donors (Lipinski definition) is 0. The molecule has 0 fully saturated rings. The molecule has 0 aliphatic heterocycles. The van der Waals surface area contributed by atoms with E-state index >= 15 is 0 Å². The predicted octanol–water partition coefficient (Wildman–Crippen LogP) is 6.36. The van der Waals surface area contributed by atoms with Gasteiger partial charge in [0, 0.05) is 28.1 Å². The van der Waals surface area contributed by atoms with Crippen molar-refractivity contribution in [2.75, 3.05) is 12.0 Å². The monoisotopic (exact) mass is 463 g/mol. The smallest absolute Gasteiger partial charge is 0.260 e. The standard InChI is InChI=1S/C25H25N3O2S2/c1-16(2)31-20-9-5-8-19(13-20)24(29)28(15-18-7-6-12-26-14-18)25-27-22-21(30-4)11-10-17(3)23(22)32-25/h5-14,16H,15H2,1-4H3. The number of methoxy groups -OCH3 is 1.